The number of rotatable bonds is 6. The van der Waals surface area contributed by atoms with Crippen LogP contribution in [0.4, 0.5) is 4.39 Å². The quantitative estimate of drug-likeness (QED) is 0.850. The van der Waals surface area contributed by atoms with Gasteiger partial charge < -0.3 is 14.6 Å². The highest BCUT2D eigenvalue weighted by Crippen LogP contribution is 2.31. The van der Waals surface area contributed by atoms with E-state index in [1.54, 1.807) is 0 Å². The molecule has 0 radical (unpaired) electrons. The van der Waals surface area contributed by atoms with Crippen molar-refractivity contribution in [3.63, 3.8) is 0 Å². The third kappa shape index (κ3) is 3.91. The van der Waals surface area contributed by atoms with Crippen molar-refractivity contribution in [3.05, 3.63) is 23.5 Å². The van der Waals surface area contributed by atoms with E-state index in [1.165, 1.54) is 19.2 Å². The highest BCUT2D eigenvalue weighted by atomic mass is 19.1. The molecule has 1 rings (SSSR count). The first-order valence-electron chi connectivity index (χ1n) is 5.69. The molecule has 0 aliphatic rings. The minimum Gasteiger partial charge on any atom is -0.493 e. The van der Waals surface area contributed by atoms with E-state index >= 15 is 0 Å². The lowest BCUT2D eigenvalue weighted by molar-refractivity contribution is -0.136. The molecule has 0 aliphatic carbocycles. The predicted octanol–water partition coefficient (Wildman–Crippen LogP) is 2.64. The maximum Gasteiger partial charge on any atom is 0.303 e. The number of aryl methyl sites for hydroxylation is 1. The Labute approximate surface area is 105 Å². The van der Waals surface area contributed by atoms with E-state index in [9.17, 15) is 9.18 Å². The smallest absolute Gasteiger partial charge is 0.303 e. The van der Waals surface area contributed by atoms with E-state index in [0.717, 1.165) is 0 Å². The molecule has 18 heavy (non-hydrogen) atoms. The normalized spacial score (nSPS) is 10.5. The highest BCUT2D eigenvalue weighted by molar-refractivity contribution is 5.67. The summed E-state index contributed by atoms with van der Waals surface area (Å²) in [7, 11) is 1.46. The van der Waals surface area contributed by atoms with Crippen molar-refractivity contribution in [2.24, 2.45) is 0 Å². The second-order valence-corrected chi connectivity index (χ2v) is 4.15. The zero-order valence-electron chi connectivity index (χ0n) is 10.7. The Balaban J connectivity index is 2.98. The summed E-state index contributed by atoms with van der Waals surface area (Å²) in [5.74, 6) is -0.710. The fourth-order valence-corrected chi connectivity index (χ4v) is 1.52. The summed E-state index contributed by atoms with van der Waals surface area (Å²) in [6.07, 6.45) is -0.0904. The molecule has 100 valence electrons. The molecule has 1 N–H and O–H groups in total. The van der Waals surface area contributed by atoms with Crippen LogP contribution in [0.15, 0.2) is 12.1 Å². The predicted molar refractivity (Wildman–Crippen MR) is 64.7 cm³/mol. The largest absolute Gasteiger partial charge is 0.493 e. The number of aliphatic carboxylic acids is 1. The molecule has 0 heterocycles. The number of carboxylic acids is 1. The van der Waals surface area contributed by atoms with Crippen molar-refractivity contribution in [2.75, 3.05) is 7.11 Å². The second-order valence-electron chi connectivity index (χ2n) is 4.15. The van der Waals surface area contributed by atoms with Gasteiger partial charge >= 0.3 is 5.97 Å². The van der Waals surface area contributed by atoms with Crippen molar-refractivity contribution >= 4 is 5.97 Å². The van der Waals surface area contributed by atoms with E-state index in [1.807, 2.05) is 13.8 Å². The van der Waals surface area contributed by atoms with E-state index in [4.69, 9.17) is 14.6 Å². The van der Waals surface area contributed by atoms with E-state index in [2.05, 4.69) is 0 Å². The van der Waals surface area contributed by atoms with Crippen LogP contribution in [-0.4, -0.2) is 24.3 Å². The highest BCUT2D eigenvalue weighted by Gasteiger charge is 2.13. The van der Waals surface area contributed by atoms with Crippen molar-refractivity contribution in [1.29, 1.82) is 0 Å². The molecule has 5 heteroatoms. The van der Waals surface area contributed by atoms with Gasteiger partial charge in [-0.2, -0.15) is 0 Å². The lowest BCUT2D eigenvalue weighted by Crippen LogP contribution is -2.08. The van der Waals surface area contributed by atoms with Crippen LogP contribution < -0.4 is 9.47 Å². The van der Waals surface area contributed by atoms with Crippen molar-refractivity contribution in [2.45, 2.75) is 32.8 Å². The zero-order chi connectivity index (χ0) is 13.7. The fourth-order valence-electron chi connectivity index (χ4n) is 1.52. The molecule has 0 spiro atoms. The van der Waals surface area contributed by atoms with Gasteiger partial charge in [0.1, 0.15) is 5.82 Å². The Kier molecular flexibility index (Phi) is 4.95. The van der Waals surface area contributed by atoms with Crippen LogP contribution in [0.3, 0.4) is 0 Å². The zero-order valence-corrected chi connectivity index (χ0v) is 10.7. The van der Waals surface area contributed by atoms with Gasteiger partial charge in [-0.15, -0.1) is 0 Å². The van der Waals surface area contributed by atoms with Crippen molar-refractivity contribution < 1.29 is 23.8 Å². The van der Waals surface area contributed by atoms with E-state index in [0.29, 0.717) is 17.1 Å². The third-order valence-corrected chi connectivity index (χ3v) is 2.30. The number of benzene rings is 1. The number of ether oxygens (including phenoxy) is 2. The van der Waals surface area contributed by atoms with Crippen LogP contribution in [0.5, 0.6) is 11.5 Å². The van der Waals surface area contributed by atoms with E-state index < -0.39 is 11.8 Å². The second kappa shape index (κ2) is 6.23. The third-order valence-electron chi connectivity index (χ3n) is 2.30. The molecule has 1 aromatic carbocycles. The monoisotopic (exact) mass is 256 g/mol. The molecule has 0 atom stereocenters. The number of halogens is 1. The summed E-state index contributed by atoms with van der Waals surface area (Å²) in [4.78, 5) is 10.5. The summed E-state index contributed by atoms with van der Waals surface area (Å²) < 4.78 is 24.3. The van der Waals surface area contributed by atoms with Gasteiger partial charge in [0.25, 0.3) is 0 Å². The number of hydrogen-bond donors (Lipinski definition) is 1. The topological polar surface area (TPSA) is 55.8 Å². The Hall–Kier alpha value is -1.78. The summed E-state index contributed by atoms with van der Waals surface area (Å²) in [5, 5.41) is 8.59. The summed E-state index contributed by atoms with van der Waals surface area (Å²) in [6, 6.07) is 2.71. The molecule has 0 saturated heterocycles. The van der Waals surface area contributed by atoms with Crippen molar-refractivity contribution in [3.8, 4) is 11.5 Å². The molecular formula is C13H17FO4. The van der Waals surface area contributed by atoms with Gasteiger partial charge in [-0.1, -0.05) is 0 Å². The maximum absolute atomic E-state index is 13.7. The van der Waals surface area contributed by atoms with Crippen LogP contribution in [0.25, 0.3) is 0 Å². The number of hydrogen-bond acceptors (Lipinski definition) is 3. The average Bonchev–Trinajstić information content (AvgIpc) is 2.27. The Morgan fingerprint density at radius 1 is 1.39 bits per heavy atom. The van der Waals surface area contributed by atoms with Gasteiger partial charge in [0.2, 0.25) is 0 Å². The Morgan fingerprint density at radius 2 is 2.06 bits per heavy atom. The molecule has 4 nitrogen and oxygen atoms in total. The van der Waals surface area contributed by atoms with Crippen LogP contribution >= 0.6 is 0 Å². The van der Waals surface area contributed by atoms with Gasteiger partial charge in [0.15, 0.2) is 11.5 Å². The molecule has 0 saturated carbocycles. The molecule has 0 bridgehead atoms. The van der Waals surface area contributed by atoms with E-state index in [-0.39, 0.29) is 18.9 Å². The van der Waals surface area contributed by atoms with Crippen LogP contribution in [-0.2, 0) is 11.2 Å². The molecule has 0 aromatic heterocycles. The first-order valence-corrected chi connectivity index (χ1v) is 5.69. The van der Waals surface area contributed by atoms with Gasteiger partial charge in [-0.3, -0.25) is 4.79 Å². The molecule has 1 aromatic rings. The Bertz CT molecular complexity index is 429. The minimum absolute atomic E-state index is 0.0943. The maximum atomic E-state index is 13.7. The first kappa shape index (κ1) is 14.3. The summed E-state index contributed by atoms with van der Waals surface area (Å²) >= 11 is 0. The van der Waals surface area contributed by atoms with Gasteiger partial charge in [-0.25, -0.2) is 4.39 Å². The number of carbonyl (C=O) groups is 1. The van der Waals surface area contributed by atoms with Crippen LogP contribution in [0.2, 0.25) is 0 Å². The van der Waals surface area contributed by atoms with Gasteiger partial charge in [0.05, 0.1) is 13.2 Å². The molecule has 0 amide bonds. The lowest BCUT2D eigenvalue weighted by Gasteiger charge is -2.15. The first-order chi connectivity index (χ1) is 8.43. The average molecular weight is 256 g/mol. The number of carboxylic acid groups (broad SMARTS) is 1. The molecular weight excluding hydrogens is 239 g/mol. The molecule has 0 fully saturated rings. The van der Waals surface area contributed by atoms with Crippen LogP contribution in [0.1, 0.15) is 25.8 Å². The SMILES string of the molecule is COc1cc(CCC(=O)O)c(F)cc1OC(C)C. The van der Waals surface area contributed by atoms with Gasteiger partial charge in [-0.05, 0) is 31.9 Å². The van der Waals surface area contributed by atoms with Gasteiger partial charge in [0, 0.05) is 12.5 Å². The summed E-state index contributed by atoms with van der Waals surface area (Å²) in [6.45, 7) is 3.66. The summed E-state index contributed by atoms with van der Waals surface area (Å²) in [5.41, 5.74) is 0.311. The minimum atomic E-state index is -0.962. The van der Waals surface area contributed by atoms with Crippen molar-refractivity contribution in [1.82, 2.24) is 0 Å². The van der Waals surface area contributed by atoms with Crippen LogP contribution in [0, 0.1) is 5.82 Å². The Morgan fingerprint density at radius 3 is 2.56 bits per heavy atom. The molecule has 0 aliphatic heterocycles. The number of methoxy groups -OCH3 is 1. The molecule has 0 unspecified atom stereocenters. The standard InChI is InChI=1S/C13H17FO4/c1-8(2)18-12-7-10(14)9(4-5-13(15)16)6-11(12)17-3/h6-8H,4-5H2,1-3H3,(H,15,16). The fraction of sp³-hybridized carbons (Fsp3) is 0.462. The lowest BCUT2D eigenvalue weighted by atomic mass is 10.1.